The predicted molar refractivity (Wildman–Crippen MR) is 53.3 cm³/mol. The molecule has 0 aliphatic rings. The maximum atomic E-state index is 4.58. The lowest BCUT2D eigenvalue weighted by Gasteiger charge is -1.83. The summed E-state index contributed by atoms with van der Waals surface area (Å²) in [7, 11) is 0. The summed E-state index contributed by atoms with van der Waals surface area (Å²) >= 11 is 0. The molecule has 0 heterocycles. The van der Waals surface area contributed by atoms with Crippen LogP contribution in [0.4, 0.5) is 0 Å². The summed E-state index contributed by atoms with van der Waals surface area (Å²) in [6.45, 7) is 8.69. The summed E-state index contributed by atoms with van der Waals surface area (Å²) < 4.78 is 4.58. The molecule has 0 amide bonds. The molecule has 0 aromatic carbocycles. The molecule has 0 spiro atoms. The summed E-state index contributed by atoms with van der Waals surface area (Å²) in [6, 6.07) is 0. The predicted octanol–water partition coefficient (Wildman–Crippen LogP) is 2.58. The van der Waals surface area contributed by atoms with Crippen LogP contribution in [0.25, 0.3) is 0 Å². The van der Waals surface area contributed by atoms with Gasteiger partial charge in [0.25, 0.3) is 11.4 Å². The second kappa shape index (κ2) is 6.18. The molecule has 1 heteroatoms. The number of hydrogen-bond acceptors (Lipinski definition) is 0. The Kier molecular flexibility index (Phi) is 5.87. The quantitative estimate of drug-likeness (QED) is 0.436. The Morgan fingerprint density at radius 3 is 1.18 bits per heavy atom. The zero-order valence-electron chi connectivity index (χ0n) is 8.28. The van der Waals surface area contributed by atoms with E-state index in [1.165, 1.54) is 11.4 Å². The summed E-state index contributed by atoms with van der Waals surface area (Å²) in [5.41, 5.74) is 2.67. The van der Waals surface area contributed by atoms with Gasteiger partial charge in [-0.3, -0.25) is 0 Å². The topological polar surface area (TPSA) is 14.1 Å². The van der Waals surface area contributed by atoms with Crippen molar-refractivity contribution in [1.82, 2.24) is 4.67 Å². The van der Waals surface area contributed by atoms with Crippen LogP contribution in [-0.4, -0.2) is 11.4 Å². The average molecular weight is 154 g/mol. The number of rotatable bonds is 4. The van der Waals surface area contributed by atoms with Crippen molar-refractivity contribution in [3.8, 4) is 0 Å². The Morgan fingerprint density at radius 2 is 1.00 bits per heavy atom. The molecule has 0 unspecified atom stereocenters. The minimum absolute atomic E-state index is 1.10. The van der Waals surface area contributed by atoms with Crippen molar-refractivity contribution in [2.45, 2.75) is 53.4 Å². The molecule has 0 aliphatic carbocycles. The lowest BCUT2D eigenvalue weighted by atomic mass is 10.2. The minimum Gasteiger partial charge on any atom is -0.104 e. The van der Waals surface area contributed by atoms with E-state index in [1.54, 1.807) is 0 Å². The van der Waals surface area contributed by atoms with Gasteiger partial charge in [-0.25, -0.2) is 0 Å². The van der Waals surface area contributed by atoms with Crippen molar-refractivity contribution in [2.24, 2.45) is 0 Å². The minimum atomic E-state index is 1.10. The summed E-state index contributed by atoms with van der Waals surface area (Å²) in [4.78, 5) is 0. The largest absolute Gasteiger partial charge is 0.280 e. The lowest BCUT2D eigenvalue weighted by molar-refractivity contribution is 1.11. The van der Waals surface area contributed by atoms with Gasteiger partial charge in [-0.05, 0) is 0 Å². The molecule has 1 nitrogen and oxygen atoms in total. The molecule has 0 N–H and O–H groups in total. The highest BCUT2D eigenvalue weighted by molar-refractivity contribution is 5.92. The van der Waals surface area contributed by atoms with E-state index in [9.17, 15) is 0 Å². The molecule has 0 aromatic rings. The SMILES string of the molecule is CCC(CC)=[N+]=C(CC)CC. The maximum absolute atomic E-state index is 4.58. The Morgan fingerprint density at radius 1 is 0.727 bits per heavy atom. The molecular weight excluding hydrogens is 134 g/mol. The Bertz CT molecular complexity index is 134. The van der Waals surface area contributed by atoms with E-state index in [4.69, 9.17) is 0 Å². The van der Waals surface area contributed by atoms with E-state index < -0.39 is 0 Å². The fraction of sp³-hybridized carbons (Fsp3) is 0.800. The van der Waals surface area contributed by atoms with Crippen LogP contribution in [0.5, 0.6) is 0 Å². The van der Waals surface area contributed by atoms with Crippen LogP contribution in [-0.2, 0) is 0 Å². The first-order chi connectivity index (χ1) is 5.28. The molecule has 0 saturated heterocycles. The highest BCUT2D eigenvalue weighted by Crippen LogP contribution is 1.88. The van der Waals surface area contributed by atoms with E-state index >= 15 is 0 Å². The third kappa shape index (κ3) is 4.00. The molecule has 0 fully saturated rings. The van der Waals surface area contributed by atoms with Crippen LogP contribution in [0.15, 0.2) is 0 Å². The van der Waals surface area contributed by atoms with Gasteiger partial charge in [0.1, 0.15) is 0 Å². The van der Waals surface area contributed by atoms with Crippen LogP contribution in [0.2, 0.25) is 0 Å². The van der Waals surface area contributed by atoms with Crippen molar-refractivity contribution in [3.05, 3.63) is 0 Å². The molecule has 64 valence electrons. The molecule has 0 atom stereocenters. The second-order valence-electron chi connectivity index (χ2n) is 2.66. The monoisotopic (exact) mass is 154 g/mol. The highest BCUT2D eigenvalue weighted by atomic mass is 14.6. The van der Waals surface area contributed by atoms with E-state index in [2.05, 4.69) is 32.4 Å². The molecule has 0 aliphatic heterocycles. The molecular formula is C10H20N+. The molecule has 0 aromatic heterocycles. The summed E-state index contributed by atoms with van der Waals surface area (Å²) in [5.74, 6) is 0. The number of nitrogens with zero attached hydrogens (tertiary/aromatic N) is 1. The van der Waals surface area contributed by atoms with Crippen molar-refractivity contribution >= 4 is 11.4 Å². The first-order valence-corrected chi connectivity index (χ1v) is 4.69. The van der Waals surface area contributed by atoms with Gasteiger partial charge in [0.15, 0.2) is 0 Å². The fourth-order valence-electron chi connectivity index (χ4n) is 1.04. The van der Waals surface area contributed by atoms with Gasteiger partial charge in [-0.2, -0.15) is 0 Å². The molecule has 0 radical (unpaired) electrons. The van der Waals surface area contributed by atoms with Gasteiger partial charge in [-0.15, -0.1) is 4.67 Å². The van der Waals surface area contributed by atoms with Crippen molar-refractivity contribution < 1.29 is 0 Å². The normalized spacial score (nSPS) is 9.09. The standard InChI is InChI=1S/C10H20N/c1-5-9(6-2)11-10(7-3)8-4/h5-8H2,1-4H3/q+1. The van der Waals surface area contributed by atoms with Gasteiger partial charge in [-0.1, -0.05) is 27.7 Å². The van der Waals surface area contributed by atoms with Crippen molar-refractivity contribution in [2.75, 3.05) is 0 Å². The first kappa shape index (κ1) is 10.4. The van der Waals surface area contributed by atoms with Gasteiger partial charge >= 0.3 is 0 Å². The van der Waals surface area contributed by atoms with Gasteiger partial charge in [0, 0.05) is 25.7 Å². The van der Waals surface area contributed by atoms with E-state index in [1.807, 2.05) is 0 Å². The molecule has 0 saturated carbocycles. The molecule has 0 bridgehead atoms. The highest BCUT2D eigenvalue weighted by Gasteiger charge is 2.06. The zero-order chi connectivity index (χ0) is 8.69. The van der Waals surface area contributed by atoms with Crippen LogP contribution in [0, 0.1) is 0 Å². The Hall–Kier alpha value is -0.550. The van der Waals surface area contributed by atoms with Crippen LogP contribution in [0.1, 0.15) is 53.4 Å². The third-order valence-corrected chi connectivity index (χ3v) is 1.95. The van der Waals surface area contributed by atoms with E-state index in [-0.39, 0.29) is 0 Å². The van der Waals surface area contributed by atoms with Crippen LogP contribution in [0.3, 0.4) is 0 Å². The Labute approximate surface area is 70.3 Å². The van der Waals surface area contributed by atoms with Crippen molar-refractivity contribution in [3.63, 3.8) is 0 Å². The zero-order valence-corrected chi connectivity index (χ0v) is 8.28. The first-order valence-electron chi connectivity index (χ1n) is 4.69. The van der Waals surface area contributed by atoms with Gasteiger partial charge in [0.2, 0.25) is 0 Å². The van der Waals surface area contributed by atoms with Gasteiger partial charge < -0.3 is 0 Å². The average Bonchev–Trinajstić information content (AvgIpc) is 2.07. The lowest BCUT2D eigenvalue weighted by Crippen LogP contribution is -2.06. The molecule has 0 rings (SSSR count). The third-order valence-electron chi connectivity index (χ3n) is 1.95. The Balaban J connectivity index is 4.49. The second-order valence-corrected chi connectivity index (χ2v) is 2.66. The maximum Gasteiger partial charge on any atom is 0.280 e. The summed E-state index contributed by atoms with van der Waals surface area (Å²) in [6.07, 6.45) is 4.39. The van der Waals surface area contributed by atoms with E-state index in [0.717, 1.165) is 25.7 Å². The van der Waals surface area contributed by atoms with Crippen LogP contribution < -0.4 is 4.67 Å². The van der Waals surface area contributed by atoms with E-state index in [0.29, 0.717) is 0 Å². The summed E-state index contributed by atoms with van der Waals surface area (Å²) in [5, 5.41) is 0. The fourth-order valence-corrected chi connectivity index (χ4v) is 1.04. The smallest absolute Gasteiger partial charge is 0.104 e. The number of hydrogen-bond donors (Lipinski definition) is 0. The molecule has 11 heavy (non-hydrogen) atoms. The van der Waals surface area contributed by atoms with Gasteiger partial charge in [0.05, 0.1) is 0 Å². The van der Waals surface area contributed by atoms with Crippen molar-refractivity contribution in [1.29, 1.82) is 0 Å². The van der Waals surface area contributed by atoms with Crippen LogP contribution >= 0.6 is 0 Å².